The predicted octanol–water partition coefficient (Wildman–Crippen LogP) is 0.750. The normalized spacial score (nSPS) is 16.0. The van der Waals surface area contributed by atoms with Gasteiger partial charge in [0.25, 0.3) is 5.56 Å². The van der Waals surface area contributed by atoms with E-state index in [1.807, 2.05) is 35.3 Å². The monoisotopic (exact) mass is 324 g/mol. The van der Waals surface area contributed by atoms with Gasteiger partial charge in [-0.3, -0.25) is 9.69 Å². The first-order valence-electron chi connectivity index (χ1n) is 8.11. The number of anilines is 1. The van der Waals surface area contributed by atoms with Crippen LogP contribution < -0.4 is 10.5 Å². The molecule has 0 bridgehead atoms. The summed E-state index contributed by atoms with van der Waals surface area (Å²) in [4.78, 5) is 25.3. The maximum absolute atomic E-state index is 11.7. The van der Waals surface area contributed by atoms with Crippen LogP contribution in [0, 0.1) is 0 Å². The number of nitrogens with zero attached hydrogens (tertiary/aromatic N) is 6. The standard InChI is InChI=1S/C17H20N6O/c1-20-5-2-14(12-15(20)24)13-21-8-10-23(11-9-21)17-16-18-3-6-22(16)7-4-19-17/h2-7,12H,8-11,13H2,1H3. The van der Waals surface area contributed by atoms with Gasteiger partial charge in [0.15, 0.2) is 11.5 Å². The molecular weight excluding hydrogens is 304 g/mol. The van der Waals surface area contributed by atoms with Crippen LogP contribution >= 0.6 is 0 Å². The second-order valence-electron chi connectivity index (χ2n) is 6.16. The van der Waals surface area contributed by atoms with Crippen LogP contribution in [0.2, 0.25) is 0 Å². The third kappa shape index (κ3) is 2.78. The number of imidazole rings is 1. The first kappa shape index (κ1) is 14.9. The van der Waals surface area contributed by atoms with Crippen molar-refractivity contribution in [1.29, 1.82) is 0 Å². The number of pyridine rings is 1. The lowest BCUT2D eigenvalue weighted by Gasteiger charge is -2.35. The fourth-order valence-electron chi connectivity index (χ4n) is 3.13. The Kier molecular flexibility index (Phi) is 3.78. The second-order valence-corrected chi connectivity index (χ2v) is 6.16. The number of hydrogen-bond acceptors (Lipinski definition) is 5. The van der Waals surface area contributed by atoms with Gasteiger partial charge in [-0.1, -0.05) is 0 Å². The quantitative estimate of drug-likeness (QED) is 0.712. The van der Waals surface area contributed by atoms with E-state index in [4.69, 9.17) is 0 Å². The minimum absolute atomic E-state index is 0.0429. The molecule has 0 aliphatic carbocycles. The van der Waals surface area contributed by atoms with E-state index in [0.29, 0.717) is 0 Å². The highest BCUT2D eigenvalue weighted by molar-refractivity contribution is 5.64. The Morgan fingerprint density at radius 1 is 1.04 bits per heavy atom. The zero-order chi connectivity index (χ0) is 16.5. The molecule has 4 rings (SSSR count). The fourth-order valence-corrected chi connectivity index (χ4v) is 3.13. The summed E-state index contributed by atoms with van der Waals surface area (Å²) in [6.45, 7) is 4.51. The first-order valence-corrected chi connectivity index (χ1v) is 8.11. The predicted molar refractivity (Wildman–Crippen MR) is 92.2 cm³/mol. The Morgan fingerprint density at radius 3 is 2.54 bits per heavy atom. The highest BCUT2D eigenvalue weighted by Crippen LogP contribution is 2.19. The summed E-state index contributed by atoms with van der Waals surface area (Å²) in [6, 6.07) is 3.74. The SMILES string of the molecule is Cn1ccc(CN2CCN(c3nccn4ccnc34)CC2)cc1=O. The van der Waals surface area contributed by atoms with Crippen LogP contribution in [0.15, 0.2) is 47.9 Å². The molecule has 1 aliphatic heterocycles. The summed E-state index contributed by atoms with van der Waals surface area (Å²) in [6.07, 6.45) is 9.30. The van der Waals surface area contributed by atoms with E-state index in [1.165, 1.54) is 0 Å². The van der Waals surface area contributed by atoms with Crippen molar-refractivity contribution in [1.82, 2.24) is 23.8 Å². The lowest BCUT2D eigenvalue weighted by Crippen LogP contribution is -2.46. The Bertz CT molecular complexity index is 907. The number of aromatic nitrogens is 4. The molecule has 0 saturated carbocycles. The molecule has 0 aromatic carbocycles. The van der Waals surface area contributed by atoms with E-state index >= 15 is 0 Å². The Balaban J connectivity index is 1.44. The van der Waals surface area contributed by atoms with E-state index < -0.39 is 0 Å². The molecule has 24 heavy (non-hydrogen) atoms. The molecule has 1 fully saturated rings. The molecule has 0 N–H and O–H groups in total. The van der Waals surface area contributed by atoms with Gasteiger partial charge in [-0.25, -0.2) is 9.97 Å². The molecule has 3 aromatic heterocycles. The Labute approximate surface area is 139 Å². The van der Waals surface area contributed by atoms with E-state index in [1.54, 1.807) is 23.9 Å². The van der Waals surface area contributed by atoms with Crippen LogP contribution in [0.5, 0.6) is 0 Å². The number of aryl methyl sites for hydroxylation is 1. The van der Waals surface area contributed by atoms with Crippen molar-refractivity contribution in [3.63, 3.8) is 0 Å². The van der Waals surface area contributed by atoms with Crippen molar-refractivity contribution in [2.24, 2.45) is 7.05 Å². The van der Waals surface area contributed by atoms with Crippen LogP contribution in [0.3, 0.4) is 0 Å². The molecule has 0 amide bonds. The largest absolute Gasteiger partial charge is 0.351 e. The number of fused-ring (bicyclic) bond motifs is 1. The highest BCUT2D eigenvalue weighted by atomic mass is 16.1. The molecule has 124 valence electrons. The maximum Gasteiger partial charge on any atom is 0.250 e. The van der Waals surface area contributed by atoms with Gasteiger partial charge in [-0.2, -0.15) is 0 Å². The topological polar surface area (TPSA) is 58.7 Å². The zero-order valence-corrected chi connectivity index (χ0v) is 13.7. The second kappa shape index (κ2) is 6.09. The van der Waals surface area contributed by atoms with Crippen molar-refractivity contribution in [2.45, 2.75) is 6.54 Å². The van der Waals surface area contributed by atoms with E-state index in [0.717, 1.165) is 49.8 Å². The third-order valence-electron chi connectivity index (χ3n) is 4.54. The number of hydrogen-bond donors (Lipinski definition) is 0. The van der Waals surface area contributed by atoms with Crippen LogP contribution in [-0.2, 0) is 13.6 Å². The molecule has 1 saturated heterocycles. The summed E-state index contributed by atoms with van der Waals surface area (Å²) in [5, 5.41) is 0. The summed E-state index contributed by atoms with van der Waals surface area (Å²) in [7, 11) is 1.77. The molecule has 7 nitrogen and oxygen atoms in total. The lowest BCUT2D eigenvalue weighted by molar-refractivity contribution is 0.249. The summed E-state index contributed by atoms with van der Waals surface area (Å²) >= 11 is 0. The van der Waals surface area contributed by atoms with Crippen LogP contribution in [0.1, 0.15) is 5.56 Å². The highest BCUT2D eigenvalue weighted by Gasteiger charge is 2.20. The summed E-state index contributed by atoms with van der Waals surface area (Å²) < 4.78 is 3.59. The smallest absolute Gasteiger partial charge is 0.250 e. The van der Waals surface area contributed by atoms with Crippen molar-refractivity contribution in [3.05, 3.63) is 59.0 Å². The van der Waals surface area contributed by atoms with Gasteiger partial charge in [0.2, 0.25) is 0 Å². The first-order chi connectivity index (χ1) is 11.7. The van der Waals surface area contributed by atoms with Gasteiger partial charge in [0.1, 0.15) is 0 Å². The van der Waals surface area contributed by atoms with Crippen LogP contribution in [-0.4, -0.2) is 50.0 Å². The van der Waals surface area contributed by atoms with Crippen LogP contribution in [0.4, 0.5) is 5.82 Å². The molecule has 7 heteroatoms. The summed E-state index contributed by atoms with van der Waals surface area (Å²) in [5.41, 5.74) is 2.01. The van der Waals surface area contributed by atoms with Gasteiger partial charge in [0.05, 0.1) is 0 Å². The molecule has 0 radical (unpaired) electrons. The molecule has 0 spiro atoms. The van der Waals surface area contributed by atoms with E-state index in [9.17, 15) is 4.79 Å². The molecule has 3 aromatic rings. The van der Waals surface area contributed by atoms with Crippen LogP contribution in [0.25, 0.3) is 5.65 Å². The third-order valence-corrected chi connectivity index (χ3v) is 4.54. The average molecular weight is 324 g/mol. The molecular formula is C17H20N6O. The lowest BCUT2D eigenvalue weighted by atomic mass is 10.2. The molecule has 0 unspecified atom stereocenters. The van der Waals surface area contributed by atoms with Gasteiger partial charge in [0, 0.05) is 76.8 Å². The van der Waals surface area contributed by atoms with Gasteiger partial charge in [-0.15, -0.1) is 0 Å². The van der Waals surface area contributed by atoms with Crippen molar-refractivity contribution in [2.75, 3.05) is 31.1 Å². The summed E-state index contributed by atoms with van der Waals surface area (Å²) in [5.74, 6) is 0.940. The fraction of sp³-hybridized carbons (Fsp3) is 0.353. The molecule has 0 atom stereocenters. The average Bonchev–Trinajstić information content (AvgIpc) is 3.08. The minimum Gasteiger partial charge on any atom is -0.351 e. The van der Waals surface area contributed by atoms with E-state index in [-0.39, 0.29) is 5.56 Å². The van der Waals surface area contributed by atoms with Gasteiger partial charge < -0.3 is 13.9 Å². The minimum atomic E-state index is 0.0429. The Morgan fingerprint density at radius 2 is 1.79 bits per heavy atom. The maximum atomic E-state index is 11.7. The van der Waals surface area contributed by atoms with Crippen molar-refractivity contribution >= 4 is 11.5 Å². The van der Waals surface area contributed by atoms with Gasteiger partial charge >= 0.3 is 0 Å². The van der Waals surface area contributed by atoms with Crippen molar-refractivity contribution < 1.29 is 0 Å². The van der Waals surface area contributed by atoms with Crippen molar-refractivity contribution in [3.8, 4) is 0 Å². The zero-order valence-electron chi connectivity index (χ0n) is 13.7. The Hall–Kier alpha value is -2.67. The number of piperazine rings is 1. The molecule has 4 heterocycles. The van der Waals surface area contributed by atoms with E-state index in [2.05, 4.69) is 19.8 Å². The number of rotatable bonds is 3. The van der Waals surface area contributed by atoms with Gasteiger partial charge in [-0.05, 0) is 11.6 Å². The molecule has 1 aliphatic rings.